The molecule has 0 saturated carbocycles. The van der Waals surface area contributed by atoms with Gasteiger partial charge < -0.3 is 15.8 Å². The summed E-state index contributed by atoms with van der Waals surface area (Å²) in [7, 11) is 0. The van der Waals surface area contributed by atoms with E-state index in [-0.39, 0.29) is 30.7 Å². The van der Waals surface area contributed by atoms with Crippen LogP contribution in [0.2, 0.25) is 0 Å². The minimum absolute atomic E-state index is 0. The van der Waals surface area contributed by atoms with Crippen LogP contribution in [0.15, 0.2) is 30.3 Å². The van der Waals surface area contributed by atoms with E-state index in [1.54, 1.807) is 11.3 Å². The maximum absolute atomic E-state index is 12.3. The number of hydrogen-bond acceptors (Lipinski definition) is 5. The topological polar surface area (TPSA) is 77.2 Å². The van der Waals surface area contributed by atoms with Gasteiger partial charge in [0.2, 0.25) is 5.91 Å². The first kappa shape index (κ1) is 22.9. The van der Waals surface area contributed by atoms with Crippen LogP contribution in [0, 0.1) is 6.92 Å². The molecule has 26 heavy (non-hydrogen) atoms. The molecule has 8 heteroatoms. The second-order valence-corrected chi connectivity index (χ2v) is 7.44. The van der Waals surface area contributed by atoms with Gasteiger partial charge in [0.05, 0.1) is 16.2 Å². The van der Waals surface area contributed by atoms with E-state index in [0.717, 1.165) is 22.7 Å². The zero-order valence-corrected chi connectivity index (χ0v) is 17.1. The molecule has 5 nitrogen and oxygen atoms in total. The molecule has 144 valence electrons. The number of thiazole rings is 1. The molecule has 2 heterocycles. The molecule has 3 rings (SSSR count). The van der Waals surface area contributed by atoms with Crippen LogP contribution in [0.3, 0.4) is 0 Å². The third-order valence-corrected chi connectivity index (χ3v) is 5.38. The Morgan fingerprint density at radius 1 is 1.27 bits per heavy atom. The van der Waals surface area contributed by atoms with Crippen LogP contribution >= 0.6 is 36.2 Å². The minimum atomic E-state index is -0.785. The smallest absolute Gasteiger partial charge is 0.240 e. The largest absolute Gasteiger partial charge is 0.381 e. The molecule has 1 aliphatic rings. The van der Waals surface area contributed by atoms with Gasteiger partial charge in [-0.15, -0.1) is 36.2 Å². The molecule has 0 unspecified atom stereocenters. The van der Waals surface area contributed by atoms with Crippen molar-refractivity contribution < 1.29 is 9.53 Å². The van der Waals surface area contributed by atoms with Gasteiger partial charge in [-0.3, -0.25) is 4.79 Å². The third-order valence-electron chi connectivity index (χ3n) is 4.35. The molecule has 0 aliphatic carbocycles. The molecule has 0 bridgehead atoms. The molecule has 1 aliphatic heterocycles. The number of carbonyl (C=O) groups is 1. The fourth-order valence-electron chi connectivity index (χ4n) is 2.84. The van der Waals surface area contributed by atoms with Crippen molar-refractivity contribution in [3.63, 3.8) is 0 Å². The number of carbonyl (C=O) groups excluding carboxylic acids is 1. The lowest BCUT2D eigenvalue weighted by atomic mass is 9.90. The molecule has 1 fully saturated rings. The van der Waals surface area contributed by atoms with Crippen molar-refractivity contribution in [2.45, 2.75) is 31.7 Å². The Hall–Kier alpha value is -1.18. The van der Waals surface area contributed by atoms with Crippen molar-refractivity contribution in [2.24, 2.45) is 5.73 Å². The van der Waals surface area contributed by atoms with E-state index in [9.17, 15) is 4.79 Å². The minimum Gasteiger partial charge on any atom is -0.381 e. The van der Waals surface area contributed by atoms with Crippen LogP contribution in [-0.4, -0.2) is 36.2 Å². The van der Waals surface area contributed by atoms with E-state index in [1.807, 2.05) is 18.2 Å². The van der Waals surface area contributed by atoms with E-state index in [0.29, 0.717) is 32.6 Å². The van der Waals surface area contributed by atoms with Crippen molar-refractivity contribution >= 4 is 42.1 Å². The Bertz CT molecular complexity index is 704. The molecule has 0 atom stereocenters. The SMILES string of the molecule is Cc1sc(CCNC(=O)C2(N)CCOCC2)nc1-c1ccccc1.Cl.Cl. The predicted molar refractivity (Wildman–Crippen MR) is 110 cm³/mol. The van der Waals surface area contributed by atoms with Crippen molar-refractivity contribution in [3.05, 3.63) is 40.2 Å². The van der Waals surface area contributed by atoms with E-state index < -0.39 is 5.54 Å². The maximum Gasteiger partial charge on any atom is 0.240 e. The van der Waals surface area contributed by atoms with Gasteiger partial charge >= 0.3 is 0 Å². The summed E-state index contributed by atoms with van der Waals surface area (Å²) in [6, 6.07) is 10.2. The Kier molecular flexibility index (Phi) is 9.00. The number of ether oxygens (including phenoxy) is 1. The predicted octanol–water partition coefficient (Wildman–Crippen LogP) is 3.13. The first-order chi connectivity index (χ1) is 11.6. The molecule has 1 saturated heterocycles. The number of halogens is 2. The van der Waals surface area contributed by atoms with Crippen LogP contribution in [0.25, 0.3) is 11.3 Å². The lowest BCUT2D eigenvalue weighted by molar-refractivity contribution is -0.129. The first-order valence-electron chi connectivity index (χ1n) is 8.25. The zero-order valence-electron chi connectivity index (χ0n) is 14.7. The number of aromatic nitrogens is 1. The molecule has 2 aromatic rings. The summed E-state index contributed by atoms with van der Waals surface area (Å²) in [5, 5.41) is 3.99. The highest BCUT2D eigenvalue weighted by Crippen LogP contribution is 2.27. The Balaban J connectivity index is 0.00000169. The van der Waals surface area contributed by atoms with Gasteiger partial charge in [0.15, 0.2) is 0 Å². The standard InChI is InChI=1S/C18H23N3O2S.2ClH/c1-13-16(14-5-3-2-4-6-14)21-15(24-13)7-10-20-17(22)18(19)8-11-23-12-9-18;;/h2-6H,7-12,19H2,1H3,(H,20,22);2*1H. The van der Waals surface area contributed by atoms with E-state index >= 15 is 0 Å². The molecule has 1 amide bonds. The number of benzene rings is 1. The zero-order chi connectivity index (χ0) is 17.0. The molecule has 0 radical (unpaired) electrons. The fraction of sp³-hybridized carbons (Fsp3) is 0.444. The number of nitrogens with two attached hydrogens (primary N) is 1. The summed E-state index contributed by atoms with van der Waals surface area (Å²) in [4.78, 5) is 18.2. The highest BCUT2D eigenvalue weighted by molar-refractivity contribution is 7.12. The number of rotatable bonds is 5. The second kappa shape index (κ2) is 10.2. The summed E-state index contributed by atoms with van der Waals surface area (Å²) in [6.45, 7) is 3.74. The molecule has 1 aromatic heterocycles. The van der Waals surface area contributed by atoms with Gasteiger partial charge in [-0.1, -0.05) is 30.3 Å². The number of hydrogen-bond donors (Lipinski definition) is 2. The van der Waals surface area contributed by atoms with Gasteiger partial charge in [0, 0.05) is 36.6 Å². The molecular formula is C18H25Cl2N3O2S. The molecule has 3 N–H and O–H groups in total. The summed E-state index contributed by atoms with van der Waals surface area (Å²) < 4.78 is 5.28. The molecule has 1 aromatic carbocycles. The van der Waals surface area contributed by atoms with Gasteiger partial charge in [0.1, 0.15) is 0 Å². The van der Waals surface area contributed by atoms with E-state index in [4.69, 9.17) is 15.5 Å². The normalized spacial score (nSPS) is 15.5. The van der Waals surface area contributed by atoms with Gasteiger partial charge in [-0.2, -0.15) is 0 Å². The van der Waals surface area contributed by atoms with Gasteiger partial charge in [0.25, 0.3) is 0 Å². The fourth-order valence-corrected chi connectivity index (χ4v) is 3.80. The number of aryl methyl sites for hydroxylation is 1. The van der Waals surface area contributed by atoms with Crippen molar-refractivity contribution in [1.29, 1.82) is 0 Å². The quantitative estimate of drug-likeness (QED) is 0.782. The monoisotopic (exact) mass is 417 g/mol. The second-order valence-electron chi connectivity index (χ2n) is 6.15. The maximum atomic E-state index is 12.3. The summed E-state index contributed by atoms with van der Waals surface area (Å²) in [6.07, 6.45) is 1.87. The number of nitrogens with zero attached hydrogens (tertiary/aromatic N) is 1. The van der Waals surface area contributed by atoms with Gasteiger partial charge in [-0.05, 0) is 19.8 Å². The van der Waals surface area contributed by atoms with Crippen molar-refractivity contribution in [1.82, 2.24) is 10.3 Å². The number of amides is 1. The van der Waals surface area contributed by atoms with E-state index in [2.05, 4.69) is 24.4 Å². The Labute approximate surface area is 170 Å². The van der Waals surface area contributed by atoms with Crippen LogP contribution < -0.4 is 11.1 Å². The van der Waals surface area contributed by atoms with Crippen molar-refractivity contribution in [3.8, 4) is 11.3 Å². The molecular weight excluding hydrogens is 393 g/mol. The first-order valence-corrected chi connectivity index (χ1v) is 9.07. The van der Waals surface area contributed by atoms with Crippen LogP contribution in [0.5, 0.6) is 0 Å². The van der Waals surface area contributed by atoms with Crippen LogP contribution in [0.1, 0.15) is 22.7 Å². The van der Waals surface area contributed by atoms with Crippen LogP contribution in [0.4, 0.5) is 0 Å². The number of nitrogens with one attached hydrogen (secondary N) is 1. The summed E-state index contributed by atoms with van der Waals surface area (Å²) in [5.41, 5.74) is 7.55. The Morgan fingerprint density at radius 2 is 1.92 bits per heavy atom. The molecule has 0 spiro atoms. The van der Waals surface area contributed by atoms with Gasteiger partial charge in [-0.25, -0.2) is 4.98 Å². The Morgan fingerprint density at radius 3 is 2.58 bits per heavy atom. The third kappa shape index (κ3) is 5.41. The highest BCUT2D eigenvalue weighted by atomic mass is 35.5. The summed E-state index contributed by atoms with van der Waals surface area (Å²) in [5.74, 6) is -0.0811. The lowest BCUT2D eigenvalue weighted by Crippen LogP contribution is -2.57. The van der Waals surface area contributed by atoms with Crippen LogP contribution in [-0.2, 0) is 16.0 Å². The van der Waals surface area contributed by atoms with Crippen molar-refractivity contribution in [2.75, 3.05) is 19.8 Å². The lowest BCUT2D eigenvalue weighted by Gasteiger charge is -2.31. The highest BCUT2D eigenvalue weighted by Gasteiger charge is 2.35. The van der Waals surface area contributed by atoms with E-state index in [1.165, 1.54) is 4.88 Å². The summed E-state index contributed by atoms with van der Waals surface area (Å²) >= 11 is 1.68. The average molecular weight is 418 g/mol. The average Bonchev–Trinajstić information content (AvgIpc) is 2.97.